The molecule has 2 saturated heterocycles. The van der Waals surface area contributed by atoms with Gasteiger partial charge in [-0.05, 0) is 42.7 Å². The van der Waals surface area contributed by atoms with Crippen molar-refractivity contribution in [2.75, 3.05) is 26.2 Å². The van der Waals surface area contributed by atoms with Crippen molar-refractivity contribution in [3.8, 4) is 0 Å². The Kier molecular flexibility index (Phi) is 5.73. The Bertz CT molecular complexity index is 931. The summed E-state index contributed by atoms with van der Waals surface area (Å²) in [5.41, 5.74) is 8.46. The lowest BCUT2D eigenvalue weighted by Gasteiger charge is -2.33. The van der Waals surface area contributed by atoms with Crippen molar-refractivity contribution in [3.63, 3.8) is 0 Å². The van der Waals surface area contributed by atoms with Crippen LogP contribution in [0.3, 0.4) is 0 Å². The molecule has 2 aliphatic rings. The van der Waals surface area contributed by atoms with Crippen LogP contribution in [0.4, 0.5) is 4.39 Å². The Hall–Kier alpha value is -1.87. The molecule has 2 aliphatic heterocycles. The van der Waals surface area contributed by atoms with Crippen molar-refractivity contribution in [3.05, 3.63) is 65.2 Å². The molecule has 2 fully saturated rings. The molecule has 3 heterocycles. The largest absolute Gasteiger partial charge is 0.257 e. The molecule has 2 N–H and O–H groups in total. The number of pyridine rings is 1. The summed E-state index contributed by atoms with van der Waals surface area (Å²) >= 11 is 0. The van der Waals surface area contributed by atoms with E-state index in [2.05, 4.69) is 10.9 Å². The molecule has 1 aromatic carbocycles. The maximum atomic E-state index is 13.4. The van der Waals surface area contributed by atoms with Crippen LogP contribution in [0, 0.1) is 5.82 Å². The van der Waals surface area contributed by atoms with Gasteiger partial charge in [0.25, 0.3) is 0 Å². The number of benzene rings is 1. The van der Waals surface area contributed by atoms with Crippen LogP contribution in [0.15, 0.2) is 42.5 Å². The smallest absolute Gasteiger partial charge is 0.219 e. The third kappa shape index (κ3) is 4.25. The molecular weight excluding hydrogens is 379 g/mol. The zero-order valence-electron chi connectivity index (χ0n) is 15.6. The molecule has 28 heavy (non-hydrogen) atoms. The number of hydrogen-bond donors (Lipinski definition) is 2. The summed E-state index contributed by atoms with van der Waals surface area (Å²) in [6.45, 7) is 1.91. The lowest BCUT2D eigenvalue weighted by Crippen LogP contribution is -2.45. The van der Waals surface area contributed by atoms with Gasteiger partial charge in [0.1, 0.15) is 11.1 Å². The second-order valence-electron chi connectivity index (χ2n) is 7.49. The average Bonchev–Trinajstić information content (AvgIpc) is 3.24. The minimum absolute atomic E-state index is 0.0818. The number of rotatable bonds is 5. The van der Waals surface area contributed by atoms with E-state index in [1.54, 1.807) is 10.4 Å². The quantitative estimate of drug-likeness (QED) is 0.795. The summed E-state index contributed by atoms with van der Waals surface area (Å²) in [6, 6.07) is 12.4. The molecule has 0 spiro atoms. The Morgan fingerprint density at radius 1 is 1.14 bits per heavy atom. The predicted molar refractivity (Wildman–Crippen MR) is 106 cm³/mol. The Labute approximate surface area is 165 Å². The van der Waals surface area contributed by atoms with E-state index in [0.717, 1.165) is 29.8 Å². The van der Waals surface area contributed by atoms with Crippen LogP contribution < -0.4 is 10.9 Å². The van der Waals surface area contributed by atoms with Crippen LogP contribution in [0.25, 0.3) is 0 Å². The number of hydrogen-bond acceptors (Lipinski definition) is 5. The van der Waals surface area contributed by atoms with Crippen molar-refractivity contribution in [1.29, 1.82) is 0 Å². The SMILES string of the molecule is O=S(=O)(C1CNNC1)N1CCCC(c2cccc(Cc3cccc(F)c3)n2)C1. The number of aromatic nitrogens is 1. The van der Waals surface area contributed by atoms with E-state index >= 15 is 0 Å². The summed E-state index contributed by atoms with van der Waals surface area (Å²) in [7, 11) is -3.33. The average molecular weight is 405 g/mol. The number of sulfonamides is 1. The third-order valence-corrected chi connectivity index (χ3v) is 7.70. The van der Waals surface area contributed by atoms with Crippen molar-refractivity contribution >= 4 is 10.0 Å². The van der Waals surface area contributed by atoms with Crippen LogP contribution in [0.2, 0.25) is 0 Å². The molecule has 4 rings (SSSR count). The normalized spacial score (nSPS) is 21.8. The molecule has 8 heteroatoms. The molecule has 1 atom stereocenters. The number of piperidine rings is 1. The maximum absolute atomic E-state index is 13.4. The first kappa shape index (κ1) is 19.4. The van der Waals surface area contributed by atoms with Crippen LogP contribution in [0.5, 0.6) is 0 Å². The van der Waals surface area contributed by atoms with Gasteiger partial charge in [0.15, 0.2) is 0 Å². The fourth-order valence-electron chi connectivity index (χ4n) is 3.96. The minimum Gasteiger partial charge on any atom is -0.257 e. The zero-order valence-corrected chi connectivity index (χ0v) is 16.5. The molecule has 2 aromatic rings. The van der Waals surface area contributed by atoms with Gasteiger partial charge in [-0.15, -0.1) is 0 Å². The van der Waals surface area contributed by atoms with Gasteiger partial charge >= 0.3 is 0 Å². The van der Waals surface area contributed by atoms with Gasteiger partial charge in [0, 0.05) is 49.9 Å². The molecule has 0 bridgehead atoms. The monoisotopic (exact) mass is 404 g/mol. The first-order valence-corrected chi connectivity index (χ1v) is 11.2. The van der Waals surface area contributed by atoms with Crippen molar-refractivity contribution in [2.45, 2.75) is 30.4 Å². The topological polar surface area (TPSA) is 74.3 Å². The zero-order chi connectivity index (χ0) is 19.6. The minimum atomic E-state index is -3.33. The number of hydrazine groups is 1. The van der Waals surface area contributed by atoms with E-state index < -0.39 is 15.3 Å². The molecule has 0 amide bonds. The lowest BCUT2D eigenvalue weighted by molar-refractivity contribution is 0.310. The highest BCUT2D eigenvalue weighted by Gasteiger charge is 2.37. The molecule has 0 saturated carbocycles. The van der Waals surface area contributed by atoms with Gasteiger partial charge in [0.2, 0.25) is 10.0 Å². The van der Waals surface area contributed by atoms with Gasteiger partial charge in [-0.2, -0.15) is 0 Å². The summed E-state index contributed by atoms with van der Waals surface area (Å²) in [5.74, 6) is -0.170. The van der Waals surface area contributed by atoms with Gasteiger partial charge in [-0.3, -0.25) is 15.8 Å². The van der Waals surface area contributed by atoms with E-state index in [4.69, 9.17) is 4.98 Å². The summed E-state index contributed by atoms with van der Waals surface area (Å²) < 4.78 is 40.8. The van der Waals surface area contributed by atoms with E-state index in [-0.39, 0.29) is 11.7 Å². The summed E-state index contributed by atoms with van der Waals surface area (Å²) in [6.07, 6.45) is 2.30. The van der Waals surface area contributed by atoms with Gasteiger partial charge < -0.3 is 0 Å². The van der Waals surface area contributed by atoms with Crippen LogP contribution >= 0.6 is 0 Å². The van der Waals surface area contributed by atoms with Crippen LogP contribution in [0.1, 0.15) is 35.7 Å². The highest BCUT2D eigenvalue weighted by atomic mass is 32.2. The van der Waals surface area contributed by atoms with E-state index in [0.29, 0.717) is 32.6 Å². The fourth-order valence-corrected chi connectivity index (χ4v) is 5.74. The van der Waals surface area contributed by atoms with Crippen molar-refractivity contribution in [1.82, 2.24) is 20.1 Å². The molecule has 1 unspecified atom stereocenters. The van der Waals surface area contributed by atoms with E-state index in [9.17, 15) is 12.8 Å². The molecule has 1 aromatic heterocycles. The molecule has 6 nitrogen and oxygen atoms in total. The number of nitrogens with zero attached hydrogens (tertiary/aromatic N) is 2. The highest BCUT2D eigenvalue weighted by Crippen LogP contribution is 2.29. The third-order valence-electron chi connectivity index (χ3n) is 5.47. The van der Waals surface area contributed by atoms with Gasteiger partial charge in [-0.1, -0.05) is 18.2 Å². The Balaban J connectivity index is 1.49. The number of nitrogens with one attached hydrogen (secondary N) is 2. The predicted octanol–water partition coefficient (Wildman–Crippen LogP) is 1.80. The molecule has 0 radical (unpaired) electrons. The lowest BCUT2D eigenvalue weighted by atomic mass is 9.95. The number of halogens is 1. The maximum Gasteiger partial charge on any atom is 0.219 e. The standard InChI is InChI=1S/C20H25FN4O2S/c21-17-6-1-4-15(10-17)11-18-7-2-8-20(24-18)16-5-3-9-25(14-16)28(26,27)19-12-22-23-13-19/h1-2,4,6-8,10,16,19,22-23H,3,5,9,11-14H2. The van der Waals surface area contributed by atoms with Gasteiger partial charge in [-0.25, -0.2) is 17.1 Å². The van der Waals surface area contributed by atoms with Crippen molar-refractivity contribution < 1.29 is 12.8 Å². The van der Waals surface area contributed by atoms with E-state index in [1.165, 1.54) is 12.1 Å². The Morgan fingerprint density at radius 3 is 2.71 bits per heavy atom. The molecular formula is C20H25FN4O2S. The Morgan fingerprint density at radius 2 is 1.93 bits per heavy atom. The fraction of sp³-hybridized carbons (Fsp3) is 0.450. The summed E-state index contributed by atoms with van der Waals surface area (Å²) in [5, 5.41) is -0.418. The first-order valence-electron chi connectivity index (χ1n) is 9.67. The molecule has 150 valence electrons. The second kappa shape index (κ2) is 8.24. The molecule has 0 aliphatic carbocycles. The van der Waals surface area contributed by atoms with Crippen molar-refractivity contribution in [2.24, 2.45) is 0 Å². The highest BCUT2D eigenvalue weighted by molar-refractivity contribution is 7.89. The van der Waals surface area contributed by atoms with Crippen LogP contribution in [-0.4, -0.2) is 49.1 Å². The first-order chi connectivity index (χ1) is 13.5. The van der Waals surface area contributed by atoms with Gasteiger partial charge in [0.05, 0.1) is 0 Å². The second-order valence-corrected chi connectivity index (χ2v) is 9.70. The van der Waals surface area contributed by atoms with E-state index in [1.807, 2.05) is 24.3 Å². The van der Waals surface area contributed by atoms with Crippen LogP contribution in [-0.2, 0) is 16.4 Å². The summed E-state index contributed by atoms with van der Waals surface area (Å²) in [4.78, 5) is 4.77.